The molecule has 0 radical (unpaired) electrons. The third kappa shape index (κ3) is 2.15. The third-order valence-corrected chi connectivity index (χ3v) is 3.31. The van der Waals surface area contributed by atoms with Crippen LogP contribution in [0.5, 0.6) is 0 Å². The summed E-state index contributed by atoms with van der Waals surface area (Å²) < 4.78 is 7.47. The second kappa shape index (κ2) is 4.90. The number of hydrogen-bond acceptors (Lipinski definition) is 3. The minimum atomic E-state index is -0.200. The average Bonchev–Trinajstić information content (AvgIpc) is 3.05. The smallest absolute Gasteiger partial charge is 0.134 e. The number of fused-ring (bicyclic) bond motifs is 1. The number of benzene rings is 1. The summed E-state index contributed by atoms with van der Waals surface area (Å²) >= 11 is 0. The van der Waals surface area contributed by atoms with Crippen molar-refractivity contribution in [1.82, 2.24) is 9.78 Å². The molecular weight excluding hydrogens is 238 g/mol. The van der Waals surface area contributed by atoms with E-state index >= 15 is 0 Å². The lowest BCUT2D eigenvalue weighted by Gasteiger charge is -2.07. The number of aryl methyl sites for hydroxylation is 1. The summed E-state index contributed by atoms with van der Waals surface area (Å²) in [6.45, 7) is 3.05. The fourth-order valence-electron chi connectivity index (χ4n) is 2.31. The van der Waals surface area contributed by atoms with Gasteiger partial charge < -0.3 is 10.2 Å². The van der Waals surface area contributed by atoms with Gasteiger partial charge in [0.05, 0.1) is 18.5 Å². The van der Waals surface area contributed by atoms with E-state index in [9.17, 15) is 0 Å². The maximum atomic E-state index is 6.32. The second-order valence-electron chi connectivity index (χ2n) is 4.70. The van der Waals surface area contributed by atoms with E-state index in [2.05, 4.69) is 12.0 Å². The molecule has 0 fully saturated rings. The molecule has 1 aromatic carbocycles. The van der Waals surface area contributed by atoms with Crippen molar-refractivity contribution in [2.24, 2.45) is 5.73 Å². The number of hydrogen-bond donors (Lipinski definition) is 1. The Morgan fingerprint density at radius 3 is 3.05 bits per heavy atom. The van der Waals surface area contributed by atoms with Crippen molar-refractivity contribution in [3.8, 4) is 0 Å². The van der Waals surface area contributed by atoms with E-state index in [1.54, 1.807) is 6.26 Å². The van der Waals surface area contributed by atoms with E-state index < -0.39 is 0 Å². The Hall–Kier alpha value is -2.07. The van der Waals surface area contributed by atoms with Gasteiger partial charge in [-0.3, -0.25) is 4.68 Å². The van der Waals surface area contributed by atoms with E-state index in [4.69, 9.17) is 10.2 Å². The summed E-state index contributed by atoms with van der Waals surface area (Å²) in [5.41, 5.74) is 9.21. The molecule has 0 saturated carbocycles. The molecule has 0 saturated heterocycles. The van der Waals surface area contributed by atoms with Crippen LogP contribution in [-0.2, 0) is 6.54 Å². The molecule has 0 aliphatic rings. The Labute approximate surface area is 111 Å². The zero-order valence-corrected chi connectivity index (χ0v) is 10.9. The maximum Gasteiger partial charge on any atom is 0.134 e. The first kappa shape index (κ1) is 12.0. The van der Waals surface area contributed by atoms with E-state index in [-0.39, 0.29) is 6.04 Å². The summed E-state index contributed by atoms with van der Waals surface area (Å²) in [4.78, 5) is 0. The first-order valence-corrected chi connectivity index (χ1v) is 6.53. The van der Waals surface area contributed by atoms with Crippen molar-refractivity contribution in [3.63, 3.8) is 0 Å². The zero-order chi connectivity index (χ0) is 13.2. The molecule has 0 aliphatic heterocycles. The van der Waals surface area contributed by atoms with Crippen LogP contribution in [0, 0.1) is 0 Å². The monoisotopic (exact) mass is 255 g/mol. The Kier molecular flexibility index (Phi) is 3.09. The molecule has 3 rings (SSSR count). The lowest BCUT2D eigenvalue weighted by Crippen LogP contribution is -2.10. The fraction of sp³-hybridized carbons (Fsp3) is 0.267. The first-order valence-electron chi connectivity index (χ1n) is 6.53. The number of nitrogens with two attached hydrogens (primary N) is 1. The van der Waals surface area contributed by atoms with Gasteiger partial charge in [-0.2, -0.15) is 5.10 Å². The molecule has 0 amide bonds. The molecule has 19 heavy (non-hydrogen) atoms. The largest absolute Gasteiger partial charge is 0.464 e. The fourth-order valence-corrected chi connectivity index (χ4v) is 2.31. The predicted octanol–water partition coefficient (Wildman–Crippen LogP) is 3.09. The van der Waals surface area contributed by atoms with Crippen molar-refractivity contribution in [2.75, 3.05) is 0 Å². The van der Waals surface area contributed by atoms with Crippen LogP contribution in [-0.4, -0.2) is 9.78 Å². The molecule has 1 unspecified atom stereocenters. The Balaban J connectivity index is 1.96. The SMILES string of the molecule is CCCn1cc(C(N)c2coc3ccccc23)cn1. The van der Waals surface area contributed by atoms with Crippen LogP contribution in [0.15, 0.2) is 47.3 Å². The standard InChI is InChI=1S/C15H17N3O/c1-2-7-18-9-11(8-17-18)15(16)13-10-19-14-6-4-3-5-12(13)14/h3-6,8-10,15H,2,7,16H2,1H3. The van der Waals surface area contributed by atoms with Gasteiger partial charge in [-0.15, -0.1) is 0 Å². The minimum absolute atomic E-state index is 0.200. The highest BCUT2D eigenvalue weighted by Gasteiger charge is 2.16. The van der Waals surface area contributed by atoms with Gasteiger partial charge in [-0.05, 0) is 12.5 Å². The van der Waals surface area contributed by atoms with Crippen molar-refractivity contribution in [2.45, 2.75) is 25.9 Å². The molecule has 2 heterocycles. The van der Waals surface area contributed by atoms with Gasteiger partial charge in [0.2, 0.25) is 0 Å². The molecular formula is C15H17N3O. The van der Waals surface area contributed by atoms with Crippen LogP contribution in [0.2, 0.25) is 0 Å². The predicted molar refractivity (Wildman–Crippen MR) is 74.8 cm³/mol. The second-order valence-corrected chi connectivity index (χ2v) is 4.70. The van der Waals surface area contributed by atoms with Crippen molar-refractivity contribution in [3.05, 3.63) is 54.0 Å². The molecule has 3 aromatic rings. The summed E-state index contributed by atoms with van der Waals surface area (Å²) in [5, 5.41) is 5.39. The van der Waals surface area contributed by atoms with Gasteiger partial charge in [0.25, 0.3) is 0 Å². The normalized spacial score (nSPS) is 12.9. The van der Waals surface area contributed by atoms with E-state index in [1.807, 2.05) is 41.3 Å². The van der Waals surface area contributed by atoms with Crippen LogP contribution in [0.4, 0.5) is 0 Å². The first-order chi connectivity index (χ1) is 9.29. The van der Waals surface area contributed by atoms with Gasteiger partial charge in [-0.25, -0.2) is 0 Å². The van der Waals surface area contributed by atoms with E-state index in [0.717, 1.165) is 35.1 Å². The lowest BCUT2D eigenvalue weighted by atomic mass is 10.0. The summed E-state index contributed by atoms with van der Waals surface area (Å²) in [6, 6.07) is 7.74. The minimum Gasteiger partial charge on any atom is -0.464 e. The molecule has 1 atom stereocenters. The molecule has 0 bridgehead atoms. The van der Waals surface area contributed by atoms with Crippen molar-refractivity contribution >= 4 is 11.0 Å². The highest BCUT2D eigenvalue weighted by Crippen LogP contribution is 2.28. The van der Waals surface area contributed by atoms with Crippen LogP contribution in [0.25, 0.3) is 11.0 Å². The average molecular weight is 255 g/mol. The lowest BCUT2D eigenvalue weighted by molar-refractivity contribution is 0.600. The molecule has 2 aromatic heterocycles. The van der Waals surface area contributed by atoms with E-state index in [0.29, 0.717) is 0 Å². The highest BCUT2D eigenvalue weighted by molar-refractivity contribution is 5.81. The quantitative estimate of drug-likeness (QED) is 0.779. The van der Waals surface area contributed by atoms with Gasteiger partial charge >= 0.3 is 0 Å². The molecule has 98 valence electrons. The van der Waals surface area contributed by atoms with Crippen LogP contribution in [0.3, 0.4) is 0 Å². The maximum absolute atomic E-state index is 6.32. The Morgan fingerprint density at radius 2 is 2.21 bits per heavy atom. The topological polar surface area (TPSA) is 57.0 Å². The van der Waals surface area contributed by atoms with Crippen LogP contribution >= 0.6 is 0 Å². The van der Waals surface area contributed by atoms with Gasteiger partial charge in [0, 0.05) is 29.3 Å². The number of para-hydroxylation sites is 1. The molecule has 0 aliphatic carbocycles. The molecule has 4 heteroatoms. The number of furan rings is 1. The Morgan fingerprint density at radius 1 is 1.37 bits per heavy atom. The summed E-state index contributed by atoms with van der Waals surface area (Å²) in [7, 11) is 0. The van der Waals surface area contributed by atoms with Gasteiger partial charge in [0.15, 0.2) is 0 Å². The third-order valence-electron chi connectivity index (χ3n) is 3.31. The van der Waals surface area contributed by atoms with Crippen molar-refractivity contribution in [1.29, 1.82) is 0 Å². The zero-order valence-electron chi connectivity index (χ0n) is 10.9. The summed E-state index contributed by atoms with van der Waals surface area (Å²) in [5.74, 6) is 0. The van der Waals surface area contributed by atoms with Gasteiger partial charge in [-0.1, -0.05) is 25.1 Å². The molecule has 0 spiro atoms. The van der Waals surface area contributed by atoms with Gasteiger partial charge in [0.1, 0.15) is 5.58 Å². The molecule has 2 N–H and O–H groups in total. The van der Waals surface area contributed by atoms with Crippen molar-refractivity contribution < 1.29 is 4.42 Å². The van der Waals surface area contributed by atoms with Crippen LogP contribution in [0.1, 0.15) is 30.5 Å². The van der Waals surface area contributed by atoms with E-state index in [1.165, 1.54) is 0 Å². The number of nitrogens with zero attached hydrogens (tertiary/aromatic N) is 2. The molecule has 4 nitrogen and oxygen atoms in total. The number of rotatable bonds is 4. The summed E-state index contributed by atoms with van der Waals surface area (Å²) in [6.07, 6.45) is 6.65. The highest BCUT2D eigenvalue weighted by atomic mass is 16.3. The Bertz CT molecular complexity index is 683. The van der Waals surface area contributed by atoms with Crippen LogP contribution < -0.4 is 5.73 Å². The number of aromatic nitrogens is 2.